The van der Waals surface area contributed by atoms with Crippen LogP contribution in [0.5, 0.6) is 5.75 Å². The molecule has 5 rings (SSSR count). The predicted molar refractivity (Wildman–Crippen MR) is 146 cm³/mol. The van der Waals surface area contributed by atoms with Gasteiger partial charge in [-0.2, -0.15) is 0 Å². The van der Waals surface area contributed by atoms with Crippen molar-refractivity contribution in [1.29, 1.82) is 0 Å². The molecule has 9 heteroatoms. The first-order valence-electron chi connectivity index (χ1n) is 11.3. The molecule has 0 fully saturated rings. The number of hydrogen-bond acceptors (Lipinski definition) is 7. The molecule has 0 bridgehead atoms. The third-order valence-electron chi connectivity index (χ3n) is 5.46. The normalized spacial score (nSPS) is 11.2. The maximum atomic E-state index is 13.6. The first kappa shape index (κ1) is 24.0. The summed E-state index contributed by atoms with van der Waals surface area (Å²) >= 11 is 2.80. The van der Waals surface area contributed by atoms with Crippen LogP contribution in [-0.2, 0) is 4.79 Å². The molecule has 0 spiro atoms. The Bertz CT molecular complexity index is 1610. The van der Waals surface area contributed by atoms with Crippen LogP contribution in [0.3, 0.4) is 0 Å². The van der Waals surface area contributed by atoms with Crippen molar-refractivity contribution in [1.82, 2.24) is 9.55 Å². The molecule has 0 radical (unpaired) electrons. The first-order valence-corrected chi connectivity index (χ1v) is 13.5. The van der Waals surface area contributed by atoms with E-state index < -0.39 is 0 Å². The molecular weight excluding hydrogens is 494 g/mol. The molecule has 0 atom stereocenters. The molecule has 3 aromatic carbocycles. The molecule has 0 aliphatic rings. The van der Waals surface area contributed by atoms with Crippen LogP contribution in [0.4, 0.5) is 5.69 Å². The second-order valence-corrected chi connectivity index (χ2v) is 9.63. The number of fused-ring (bicyclic) bond motifs is 3. The second kappa shape index (κ2) is 10.5. The zero-order valence-corrected chi connectivity index (χ0v) is 21.3. The van der Waals surface area contributed by atoms with Crippen LogP contribution in [-0.4, -0.2) is 34.1 Å². The third kappa shape index (κ3) is 4.84. The van der Waals surface area contributed by atoms with E-state index >= 15 is 0 Å². The lowest BCUT2D eigenvalue weighted by atomic mass is 10.2. The van der Waals surface area contributed by atoms with Gasteiger partial charge in [0.15, 0.2) is 5.16 Å². The highest BCUT2D eigenvalue weighted by molar-refractivity contribution is 7.99. The zero-order chi connectivity index (χ0) is 25.1. The summed E-state index contributed by atoms with van der Waals surface area (Å²) in [5.74, 6) is 0.588. The minimum absolute atomic E-state index is 0.0776. The number of rotatable bonds is 8. The topological polar surface area (TPSA) is 86.4 Å². The summed E-state index contributed by atoms with van der Waals surface area (Å²) in [6.07, 6.45) is 1.98. The van der Waals surface area contributed by atoms with E-state index in [9.17, 15) is 9.59 Å². The van der Waals surface area contributed by atoms with Gasteiger partial charge in [0.05, 0.1) is 18.0 Å². The number of ether oxygens (including phenoxy) is 1. The highest BCUT2D eigenvalue weighted by Crippen LogP contribution is 2.29. The fourth-order valence-electron chi connectivity index (χ4n) is 3.83. The first-order chi connectivity index (χ1) is 17.6. The number of furan rings is 1. The number of nitrogens with zero attached hydrogens (tertiary/aromatic N) is 2. The molecular formula is C27H23N3O4S2. The second-order valence-electron chi connectivity index (χ2n) is 7.81. The van der Waals surface area contributed by atoms with Gasteiger partial charge in [-0.25, -0.2) is 4.98 Å². The van der Waals surface area contributed by atoms with Crippen LogP contribution in [0.2, 0.25) is 0 Å². The van der Waals surface area contributed by atoms with Crippen molar-refractivity contribution in [2.75, 3.05) is 23.9 Å². The molecule has 182 valence electrons. The van der Waals surface area contributed by atoms with E-state index in [0.29, 0.717) is 34.3 Å². The molecule has 2 aromatic heterocycles. The average Bonchev–Trinajstić information content (AvgIpc) is 3.27. The Morgan fingerprint density at radius 1 is 1.08 bits per heavy atom. The third-order valence-corrected chi connectivity index (χ3v) is 7.12. The molecule has 0 aliphatic heterocycles. The molecule has 1 amide bonds. The molecule has 1 N–H and O–H groups in total. The number of aromatic nitrogens is 2. The molecule has 36 heavy (non-hydrogen) atoms. The van der Waals surface area contributed by atoms with Gasteiger partial charge in [-0.15, -0.1) is 11.8 Å². The van der Waals surface area contributed by atoms with Gasteiger partial charge in [0.2, 0.25) is 11.5 Å². The summed E-state index contributed by atoms with van der Waals surface area (Å²) in [7, 11) is 0. The van der Waals surface area contributed by atoms with Crippen molar-refractivity contribution in [3.8, 4) is 11.4 Å². The van der Waals surface area contributed by atoms with Gasteiger partial charge in [0.25, 0.3) is 0 Å². The van der Waals surface area contributed by atoms with E-state index in [0.717, 1.165) is 16.0 Å². The van der Waals surface area contributed by atoms with E-state index in [1.165, 1.54) is 16.3 Å². The lowest BCUT2D eigenvalue weighted by Crippen LogP contribution is -2.22. The van der Waals surface area contributed by atoms with Crippen molar-refractivity contribution in [3.63, 3.8) is 0 Å². The van der Waals surface area contributed by atoms with E-state index in [4.69, 9.17) is 14.1 Å². The Kier molecular flexibility index (Phi) is 7.02. The summed E-state index contributed by atoms with van der Waals surface area (Å²) in [6, 6.07) is 22.2. The molecule has 0 unspecified atom stereocenters. The predicted octanol–water partition coefficient (Wildman–Crippen LogP) is 5.98. The average molecular weight is 518 g/mol. The van der Waals surface area contributed by atoms with Gasteiger partial charge in [0.1, 0.15) is 16.8 Å². The largest absolute Gasteiger partial charge is 0.494 e. The van der Waals surface area contributed by atoms with Crippen LogP contribution in [0, 0.1) is 0 Å². The monoisotopic (exact) mass is 517 g/mol. The van der Waals surface area contributed by atoms with Crippen LogP contribution in [0.1, 0.15) is 6.92 Å². The van der Waals surface area contributed by atoms with E-state index in [-0.39, 0.29) is 22.8 Å². The van der Waals surface area contributed by atoms with E-state index in [1.807, 2.05) is 55.6 Å². The van der Waals surface area contributed by atoms with Crippen molar-refractivity contribution in [3.05, 3.63) is 83.2 Å². The fourth-order valence-corrected chi connectivity index (χ4v) is 5.10. The van der Waals surface area contributed by atoms with Crippen LogP contribution in [0.15, 0.2) is 92.1 Å². The SMILES string of the molecule is CCOc1ccc(-n2c(SCC(=O)Nc3cccc(SC)c3)nc3c(oc4ccccc43)c2=O)cc1. The van der Waals surface area contributed by atoms with Crippen molar-refractivity contribution < 1.29 is 13.9 Å². The summed E-state index contributed by atoms with van der Waals surface area (Å²) in [5.41, 5.74) is 2.23. The van der Waals surface area contributed by atoms with Crippen molar-refractivity contribution in [2.24, 2.45) is 0 Å². The quantitative estimate of drug-likeness (QED) is 0.200. The number of benzene rings is 3. The Labute approximate surface area is 215 Å². The van der Waals surface area contributed by atoms with Gasteiger partial charge >= 0.3 is 5.56 Å². The maximum Gasteiger partial charge on any atom is 0.302 e. The smallest absolute Gasteiger partial charge is 0.302 e. The number of amides is 1. The van der Waals surface area contributed by atoms with Crippen LogP contribution < -0.4 is 15.6 Å². The lowest BCUT2D eigenvalue weighted by molar-refractivity contribution is -0.113. The number of thioether (sulfide) groups is 2. The van der Waals surface area contributed by atoms with Gasteiger partial charge < -0.3 is 14.5 Å². The summed E-state index contributed by atoms with van der Waals surface area (Å²) in [4.78, 5) is 32.2. The number of carbonyl (C=O) groups excluding carboxylic acids is 1. The number of carbonyl (C=O) groups is 1. The van der Waals surface area contributed by atoms with Gasteiger partial charge in [-0.1, -0.05) is 30.0 Å². The van der Waals surface area contributed by atoms with E-state index in [2.05, 4.69) is 5.32 Å². The van der Waals surface area contributed by atoms with Gasteiger partial charge in [0, 0.05) is 16.0 Å². The number of hydrogen-bond donors (Lipinski definition) is 1. The Morgan fingerprint density at radius 2 is 1.89 bits per heavy atom. The van der Waals surface area contributed by atoms with Crippen LogP contribution in [0.25, 0.3) is 27.8 Å². The highest BCUT2D eigenvalue weighted by atomic mass is 32.2. The molecule has 0 saturated carbocycles. The minimum atomic E-state index is -0.337. The summed E-state index contributed by atoms with van der Waals surface area (Å²) < 4.78 is 12.9. The van der Waals surface area contributed by atoms with Gasteiger partial charge in [-0.3, -0.25) is 14.2 Å². The zero-order valence-electron chi connectivity index (χ0n) is 19.7. The van der Waals surface area contributed by atoms with Crippen LogP contribution >= 0.6 is 23.5 Å². The molecule has 0 aliphatic carbocycles. The number of para-hydroxylation sites is 1. The fraction of sp³-hybridized carbons (Fsp3) is 0.148. The number of anilines is 1. The van der Waals surface area contributed by atoms with E-state index in [1.54, 1.807) is 42.1 Å². The standard InChI is InChI=1S/C27H23N3O4S2/c1-3-33-19-13-11-18(12-14-19)30-26(32)25-24(21-9-4-5-10-22(21)34-25)29-27(30)36-16-23(31)28-17-7-6-8-20(15-17)35-2/h4-15H,3,16H2,1-2H3,(H,28,31). The van der Waals surface area contributed by atoms with Gasteiger partial charge in [-0.05, 0) is 67.8 Å². The Balaban J connectivity index is 1.52. The molecule has 2 heterocycles. The minimum Gasteiger partial charge on any atom is -0.494 e. The highest BCUT2D eigenvalue weighted by Gasteiger charge is 2.20. The lowest BCUT2D eigenvalue weighted by Gasteiger charge is -2.13. The number of nitrogens with one attached hydrogen (secondary N) is 1. The van der Waals surface area contributed by atoms with Crippen molar-refractivity contribution >= 4 is 57.2 Å². The summed E-state index contributed by atoms with van der Waals surface area (Å²) in [5, 5.41) is 4.07. The Morgan fingerprint density at radius 3 is 2.67 bits per heavy atom. The van der Waals surface area contributed by atoms with Crippen molar-refractivity contribution in [2.45, 2.75) is 17.0 Å². The molecule has 5 aromatic rings. The molecule has 0 saturated heterocycles. The summed E-state index contributed by atoms with van der Waals surface area (Å²) in [6.45, 7) is 2.46. The Hall–Kier alpha value is -3.69. The maximum absolute atomic E-state index is 13.6. The molecule has 7 nitrogen and oxygen atoms in total.